The van der Waals surface area contributed by atoms with Gasteiger partial charge in [-0.2, -0.15) is 5.10 Å². The number of aryl methyl sites for hydroxylation is 1. The molecule has 3 rings (SSSR count). The Morgan fingerprint density at radius 3 is 2.81 bits per heavy atom. The summed E-state index contributed by atoms with van der Waals surface area (Å²) >= 11 is 0. The van der Waals surface area contributed by atoms with E-state index in [9.17, 15) is 4.79 Å². The Labute approximate surface area is 124 Å². The monoisotopic (exact) mass is 287 g/mol. The second-order valence-corrected chi connectivity index (χ2v) is 5.70. The number of nitrogens with one attached hydrogen (secondary N) is 2. The highest BCUT2D eigenvalue weighted by molar-refractivity contribution is 5.92. The van der Waals surface area contributed by atoms with Crippen LogP contribution >= 0.6 is 0 Å². The van der Waals surface area contributed by atoms with Crippen LogP contribution in [-0.2, 0) is 6.54 Å². The summed E-state index contributed by atoms with van der Waals surface area (Å²) in [4.78, 5) is 22.0. The summed E-state index contributed by atoms with van der Waals surface area (Å²) in [6, 6.07) is 2.09. The van der Waals surface area contributed by atoms with Gasteiger partial charge in [0.25, 0.3) is 5.91 Å². The van der Waals surface area contributed by atoms with Crippen LogP contribution in [0.25, 0.3) is 0 Å². The molecule has 1 fully saturated rings. The molecule has 0 unspecified atom stereocenters. The highest BCUT2D eigenvalue weighted by atomic mass is 16.2. The summed E-state index contributed by atoms with van der Waals surface area (Å²) in [5.41, 5.74) is 1.39. The summed E-state index contributed by atoms with van der Waals surface area (Å²) in [5.74, 6) is 0.809. The third-order valence-corrected chi connectivity index (χ3v) is 4.08. The van der Waals surface area contributed by atoms with Crippen molar-refractivity contribution < 1.29 is 4.79 Å². The quantitative estimate of drug-likeness (QED) is 0.906. The summed E-state index contributed by atoms with van der Waals surface area (Å²) < 4.78 is 0. The fourth-order valence-electron chi connectivity index (χ4n) is 2.98. The Kier molecular flexibility index (Phi) is 4.03. The molecule has 0 aliphatic heterocycles. The van der Waals surface area contributed by atoms with Gasteiger partial charge < -0.3 is 9.88 Å². The van der Waals surface area contributed by atoms with Crippen LogP contribution in [0.4, 0.5) is 0 Å². The standard InChI is InChI=1S/C15H21N5O/c1-11-9-13(19-18-11)15(21)20(10-14-16-7-8-17-14)12-5-3-2-4-6-12/h7-9,12H,2-6,10H2,1H3,(H,16,17)(H,18,19). The highest BCUT2D eigenvalue weighted by Gasteiger charge is 2.28. The van der Waals surface area contributed by atoms with Gasteiger partial charge >= 0.3 is 0 Å². The second-order valence-electron chi connectivity index (χ2n) is 5.70. The van der Waals surface area contributed by atoms with Crippen molar-refractivity contribution in [1.82, 2.24) is 25.1 Å². The van der Waals surface area contributed by atoms with Gasteiger partial charge in [-0.25, -0.2) is 4.98 Å². The van der Waals surface area contributed by atoms with Crippen molar-refractivity contribution in [2.45, 2.75) is 51.6 Å². The predicted octanol–water partition coefficient (Wildman–Crippen LogP) is 2.42. The zero-order valence-corrected chi connectivity index (χ0v) is 12.3. The SMILES string of the molecule is Cc1cc(C(=O)N(Cc2ncc[nH]2)C2CCCCC2)n[nH]1. The number of amides is 1. The first-order valence-corrected chi connectivity index (χ1v) is 7.55. The average molecular weight is 287 g/mol. The molecule has 112 valence electrons. The molecule has 2 heterocycles. The van der Waals surface area contributed by atoms with E-state index in [0.29, 0.717) is 12.2 Å². The number of carbonyl (C=O) groups is 1. The summed E-state index contributed by atoms with van der Waals surface area (Å²) in [5, 5.41) is 6.96. The van der Waals surface area contributed by atoms with Crippen molar-refractivity contribution in [3.63, 3.8) is 0 Å². The van der Waals surface area contributed by atoms with Crippen molar-refractivity contribution >= 4 is 5.91 Å². The minimum absolute atomic E-state index is 0.0114. The Morgan fingerprint density at radius 2 is 2.19 bits per heavy atom. The number of nitrogens with zero attached hydrogens (tertiary/aromatic N) is 3. The van der Waals surface area contributed by atoms with Crippen molar-refractivity contribution in [3.05, 3.63) is 35.7 Å². The first-order chi connectivity index (χ1) is 10.2. The molecule has 1 aliphatic carbocycles. The van der Waals surface area contributed by atoms with Gasteiger partial charge in [-0.3, -0.25) is 9.89 Å². The highest BCUT2D eigenvalue weighted by Crippen LogP contribution is 2.25. The van der Waals surface area contributed by atoms with Gasteiger partial charge in [0.2, 0.25) is 0 Å². The van der Waals surface area contributed by atoms with Crippen LogP contribution in [0.5, 0.6) is 0 Å². The molecule has 0 aromatic carbocycles. The third kappa shape index (κ3) is 3.15. The number of carbonyl (C=O) groups excluding carboxylic acids is 1. The molecule has 1 aliphatic rings. The van der Waals surface area contributed by atoms with Gasteiger partial charge in [-0.05, 0) is 25.8 Å². The van der Waals surface area contributed by atoms with Crippen molar-refractivity contribution in [3.8, 4) is 0 Å². The molecule has 2 aromatic heterocycles. The Balaban J connectivity index is 1.81. The Morgan fingerprint density at radius 1 is 1.38 bits per heavy atom. The lowest BCUT2D eigenvalue weighted by molar-refractivity contribution is 0.0602. The second kappa shape index (κ2) is 6.11. The molecule has 21 heavy (non-hydrogen) atoms. The molecule has 0 spiro atoms. The molecule has 6 nitrogen and oxygen atoms in total. The minimum Gasteiger partial charge on any atom is -0.347 e. The van der Waals surface area contributed by atoms with Crippen LogP contribution in [0.2, 0.25) is 0 Å². The van der Waals surface area contributed by atoms with Crippen LogP contribution in [0.15, 0.2) is 18.5 Å². The maximum absolute atomic E-state index is 12.8. The number of hydrogen-bond donors (Lipinski definition) is 2. The fraction of sp³-hybridized carbons (Fsp3) is 0.533. The van der Waals surface area contributed by atoms with E-state index in [2.05, 4.69) is 20.2 Å². The first kappa shape index (κ1) is 13.9. The lowest BCUT2D eigenvalue weighted by atomic mass is 9.94. The van der Waals surface area contributed by atoms with Crippen LogP contribution in [0.3, 0.4) is 0 Å². The molecule has 2 N–H and O–H groups in total. The minimum atomic E-state index is -0.0114. The zero-order chi connectivity index (χ0) is 14.7. The number of imidazole rings is 1. The Bertz CT molecular complexity index is 583. The molecule has 0 bridgehead atoms. The Hall–Kier alpha value is -2.11. The molecule has 2 aromatic rings. The van der Waals surface area contributed by atoms with Gasteiger partial charge in [-0.1, -0.05) is 19.3 Å². The van der Waals surface area contributed by atoms with Crippen molar-refractivity contribution in [1.29, 1.82) is 0 Å². The average Bonchev–Trinajstić information content (AvgIpc) is 3.16. The lowest BCUT2D eigenvalue weighted by Gasteiger charge is -2.33. The van der Waals surface area contributed by atoms with E-state index in [0.717, 1.165) is 24.4 Å². The van der Waals surface area contributed by atoms with E-state index in [4.69, 9.17) is 0 Å². The largest absolute Gasteiger partial charge is 0.347 e. The van der Waals surface area contributed by atoms with Crippen LogP contribution < -0.4 is 0 Å². The summed E-state index contributed by atoms with van der Waals surface area (Å²) in [6.07, 6.45) is 9.28. The van der Waals surface area contributed by atoms with Gasteiger partial charge in [0, 0.05) is 24.1 Å². The number of aromatic amines is 2. The van der Waals surface area contributed by atoms with E-state index in [-0.39, 0.29) is 11.9 Å². The van der Waals surface area contributed by atoms with Gasteiger partial charge in [0.15, 0.2) is 0 Å². The molecule has 0 saturated heterocycles. The molecule has 1 amide bonds. The molecule has 0 radical (unpaired) electrons. The zero-order valence-electron chi connectivity index (χ0n) is 12.3. The molecule has 1 saturated carbocycles. The van der Waals surface area contributed by atoms with E-state index in [1.54, 1.807) is 18.5 Å². The topological polar surface area (TPSA) is 77.7 Å². The van der Waals surface area contributed by atoms with Crippen molar-refractivity contribution in [2.24, 2.45) is 0 Å². The normalized spacial score (nSPS) is 16.0. The predicted molar refractivity (Wildman–Crippen MR) is 78.7 cm³/mol. The first-order valence-electron chi connectivity index (χ1n) is 7.55. The van der Waals surface area contributed by atoms with Crippen LogP contribution in [0, 0.1) is 6.92 Å². The van der Waals surface area contributed by atoms with Crippen molar-refractivity contribution in [2.75, 3.05) is 0 Å². The van der Waals surface area contributed by atoms with Crippen LogP contribution in [0.1, 0.15) is 54.1 Å². The van der Waals surface area contributed by atoms with Gasteiger partial charge in [-0.15, -0.1) is 0 Å². The fourth-order valence-corrected chi connectivity index (χ4v) is 2.98. The van der Waals surface area contributed by atoms with Crippen LogP contribution in [-0.4, -0.2) is 37.0 Å². The lowest BCUT2D eigenvalue weighted by Crippen LogP contribution is -2.41. The van der Waals surface area contributed by atoms with E-state index >= 15 is 0 Å². The maximum atomic E-state index is 12.8. The number of hydrogen-bond acceptors (Lipinski definition) is 3. The van der Waals surface area contributed by atoms with E-state index in [1.807, 2.05) is 11.8 Å². The summed E-state index contributed by atoms with van der Waals surface area (Å²) in [7, 11) is 0. The molecule has 0 atom stereocenters. The maximum Gasteiger partial charge on any atom is 0.275 e. The molecular formula is C15H21N5O. The van der Waals surface area contributed by atoms with E-state index in [1.165, 1.54) is 19.3 Å². The molecule has 6 heteroatoms. The number of aromatic nitrogens is 4. The van der Waals surface area contributed by atoms with Gasteiger partial charge in [0.05, 0.1) is 6.54 Å². The summed E-state index contributed by atoms with van der Waals surface area (Å²) in [6.45, 7) is 2.42. The number of H-pyrrole nitrogens is 2. The van der Waals surface area contributed by atoms with Gasteiger partial charge in [0.1, 0.15) is 11.5 Å². The van der Waals surface area contributed by atoms with E-state index < -0.39 is 0 Å². The molecular weight excluding hydrogens is 266 g/mol. The third-order valence-electron chi connectivity index (χ3n) is 4.08. The smallest absolute Gasteiger partial charge is 0.275 e. The number of rotatable bonds is 4.